The number of phosphoric ester groups is 2. The van der Waals surface area contributed by atoms with Gasteiger partial charge in [0.25, 0.3) is 0 Å². The molecule has 5 atom stereocenters. The third kappa shape index (κ3) is 26.6. The van der Waals surface area contributed by atoms with E-state index in [0.29, 0.717) is 19.3 Å². The average molecular weight is 709 g/mol. The Morgan fingerprint density at radius 3 is 1.46 bits per heavy atom. The van der Waals surface area contributed by atoms with Gasteiger partial charge >= 0.3 is 33.6 Å². The van der Waals surface area contributed by atoms with E-state index in [1.165, 1.54) is 25.7 Å². The van der Waals surface area contributed by atoms with Crippen molar-refractivity contribution >= 4 is 33.6 Å². The Morgan fingerprint density at radius 2 is 0.935 bits per heavy atom. The second kappa shape index (κ2) is 26.5. The number of ether oxygens (including phenoxy) is 3. The SMILES string of the molecule is CCCCCCCCCCC(=O)OC[C@H](COP(=O)(O)OC[C@H](O)COP(=O)(O)OC[C@H](O)COC(=O)CCC)OC(=O)CCC. The summed E-state index contributed by atoms with van der Waals surface area (Å²) < 4.78 is 58.0. The highest BCUT2D eigenvalue weighted by Gasteiger charge is 2.29. The number of unbranched alkanes of at least 4 members (excludes halogenated alkanes) is 7. The number of esters is 3. The number of carbonyl (C=O) groups excluding carboxylic acids is 3. The quantitative estimate of drug-likeness (QED) is 0.0356. The molecule has 0 saturated carbocycles. The smallest absolute Gasteiger partial charge is 0.463 e. The summed E-state index contributed by atoms with van der Waals surface area (Å²) in [5.74, 6) is -1.69. The topological polar surface area (TPSA) is 231 Å². The molecule has 16 nitrogen and oxygen atoms in total. The Morgan fingerprint density at radius 1 is 0.522 bits per heavy atom. The van der Waals surface area contributed by atoms with Crippen molar-refractivity contribution < 1.29 is 75.8 Å². The van der Waals surface area contributed by atoms with Crippen molar-refractivity contribution in [3.05, 3.63) is 0 Å². The van der Waals surface area contributed by atoms with Crippen LogP contribution < -0.4 is 0 Å². The van der Waals surface area contributed by atoms with Gasteiger partial charge in [-0.2, -0.15) is 0 Å². The minimum absolute atomic E-state index is 0.0615. The molecule has 0 fully saturated rings. The molecule has 46 heavy (non-hydrogen) atoms. The van der Waals surface area contributed by atoms with Crippen molar-refractivity contribution in [1.82, 2.24) is 0 Å². The Labute approximate surface area is 271 Å². The van der Waals surface area contributed by atoms with E-state index in [-0.39, 0.29) is 19.3 Å². The van der Waals surface area contributed by atoms with Gasteiger partial charge in [0.15, 0.2) is 6.10 Å². The fourth-order valence-electron chi connectivity index (χ4n) is 3.58. The van der Waals surface area contributed by atoms with E-state index in [9.17, 15) is 43.5 Å². The highest BCUT2D eigenvalue weighted by Crippen LogP contribution is 2.45. The first kappa shape index (κ1) is 44.5. The average Bonchev–Trinajstić information content (AvgIpc) is 3.00. The minimum Gasteiger partial charge on any atom is -0.463 e. The van der Waals surface area contributed by atoms with Gasteiger partial charge in [-0.1, -0.05) is 65.7 Å². The second-order valence-corrected chi connectivity index (χ2v) is 13.5. The van der Waals surface area contributed by atoms with Crippen molar-refractivity contribution in [2.45, 2.75) is 123 Å². The summed E-state index contributed by atoms with van der Waals surface area (Å²) in [6, 6.07) is 0. The van der Waals surface area contributed by atoms with E-state index in [1.54, 1.807) is 13.8 Å². The number of rotatable bonds is 30. The van der Waals surface area contributed by atoms with Crippen molar-refractivity contribution in [2.75, 3.05) is 39.6 Å². The lowest BCUT2D eigenvalue weighted by molar-refractivity contribution is -0.161. The summed E-state index contributed by atoms with van der Waals surface area (Å²) in [5, 5.41) is 19.6. The lowest BCUT2D eigenvalue weighted by Gasteiger charge is -2.21. The van der Waals surface area contributed by atoms with Crippen molar-refractivity contribution in [3.63, 3.8) is 0 Å². The van der Waals surface area contributed by atoms with Crippen LogP contribution in [0, 0.1) is 0 Å². The summed E-state index contributed by atoms with van der Waals surface area (Å²) in [6.45, 7) is 1.64. The first-order chi connectivity index (χ1) is 21.7. The molecule has 0 aliphatic rings. The zero-order valence-corrected chi connectivity index (χ0v) is 29.0. The molecule has 4 N–H and O–H groups in total. The standard InChI is InChI=1S/C28H54O16P2/c1-4-7-8-9-10-11-12-13-16-27(32)39-21-25(44-28(33)15-6-3)22-43-46(36,37)42-20-24(30)19-41-45(34,35)40-18-23(29)17-38-26(31)14-5-2/h23-25,29-30H,4-22H2,1-3H3,(H,34,35)(H,36,37)/t23-,24-,25-/m1/s1. The van der Waals surface area contributed by atoms with Crippen LogP contribution in [-0.2, 0) is 55.8 Å². The van der Waals surface area contributed by atoms with Gasteiger partial charge in [0.1, 0.15) is 25.4 Å². The van der Waals surface area contributed by atoms with Crippen molar-refractivity contribution in [3.8, 4) is 0 Å². The summed E-state index contributed by atoms with van der Waals surface area (Å²) in [7, 11) is -9.61. The van der Waals surface area contributed by atoms with E-state index in [2.05, 4.69) is 20.5 Å². The van der Waals surface area contributed by atoms with E-state index in [0.717, 1.165) is 19.3 Å². The van der Waals surface area contributed by atoms with Crippen molar-refractivity contribution in [2.24, 2.45) is 0 Å². The molecule has 0 heterocycles. The van der Waals surface area contributed by atoms with Crippen LogP contribution in [0.5, 0.6) is 0 Å². The van der Waals surface area contributed by atoms with Crippen LogP contribution in [0.4, 0.5) is 0 Å². The van der Waals surface area contributed by atoms with E-state index in [1.807, 2.05) is 0 Å². The number of carbonyl (C=O) groups is 3. The molecule has 0 rings (SSSR count). The molecule has 0 aromatic carbocycles. The second-order valence-electron chi connectivity index (χ2n) is 10.6. The number of hydrogen-bond acceptors (Lipinski definition) is 14. The zero-order chi connectivity index (χ0) is 34.8. The van der Waals surface area contributed by atoms with Gasteiger partial charge in [-0.3, -0.25) is 32.5 Å². The molecule has 2 unspecified atom stereocenters. The number of hydrogen-bond donors (Lipinski definition) is 4. The predicted molar refractivity (Wildman–Crippen MR) is 164 cm³/mol. The van der Waals surface area contributed by atoms with E-state index < -0.39 is 91.5 Å². The molecular formula is C28H54O16P2. The third-order valence-corrected chi connectivity index (χ3v) is 7.92. The third-order valence-electron chi connectivity index (χ3n) is 6.02. The van der Waals surface area contributed by atoms with Gasteiger partial charge in [0, 0.05) is 19.3 Å². The van der Waals surface area contributed by atoms with Gasteiger partial charge in [0.05, 0.1) is 26.4 Å². The molecule has 0 spiro atoms. The van der Waals surface area contributed by atoms with Gasteiger partial charge in [-0.05, 0) is 19.3 Å². The molecule has 0 amide bonds. The van der Waals surface area contributed by atoms with E-state index >= 15 is 0 Å². The predicted octanol–water partition coefficient (Wildman–Crippen LogP) is 4.10. The fraction of sp³-hybridized carbons (Fsp3) is 0.893. The molecule has 0 aromatic rings. The summed E-state index contributed by atoms with van der Waals surface area (Å²) in [5.41, 5.74) is 0. The first-order valence-corrected chi connectivity index (χ1v) is 18.8. The van der Waals surface area contributed by atoms with E-state index in [4.69, 9.17) is 18.7 Å². The highest BCUT2D eigenvalue weighted by atomic mass is 31.2. The summed E-state index contributed by atoms with van der Waals surface area (Å²) >= 11 is 0. The normalized spacial score (nSPS) is 16.1. The molecule has 18 heteroatoms. The molecule has 0 saturated heterocycles. The fourth-order valence-corrected chi connectivity index (χ4v) is 5.17. The Hall–Kier alpha value is -1.45. The van der Waals surface area contributed by atoms with Crippen LogP contribution in [0.15, 0.2) is 0 Å². The zero-order valence-electron chi connectivity index (χ0n) is 27.2. The molecule has 0 aliphatic carbocycles. The van der Waals surface area contributed by atoms with Crippen LogP contribution in [-0.4, -0.2) is 95.9 Å². The maximum atomic E-state index is 12.3. The summed E-state index contributed by atoms with van der Waals surface area (Å²) in [4.78, 5) is 55.1. The van der Waals surface area contributed by atoms with Gasteiger partial charge in [0.2, 0.25) is 0 Å². The molecule has 0 bridgehead atoms. The lowest BCUT2D eigenvalue weighted by atomic mass is 10.1. The first-order valence-electron chi connectivity index (χ1n) is 15.8. The van der Waals surface area contributed by atoms with Crippen molar-refractivity contribution in [1.29, 1.82) is 0 Å². The Balaban J connectivity index is 4.56. The van der Waals surface area contributed by atoms with Crippen LogP contribution in [0.1, 0.15) is 104 Å². The molecular weight excluding hydrogens is 654 g/mol. The Kier molecular flexibility index (Phi) is 25.7. The monoisotopic (exact) mass is 708 g/mol. The van der Waals surface area contributed by atoms with Crippen LogP contribution in [0.3, 0.4) is 0 Å². The van der Waals surface area contributed by atoms with Gasteiger partial charge < -0.3 is 34.2 Å². The molecule has 272 valence electrons. The minimum atomic E-state index is -4.84. The maximum Gasteiger partial charge on any atom is 0.472 e. The molecule has 0 aliphatic heterocycles. The number of aliphatic hydroxyl groups is 2. The van der Waals surface area contributed by atoms with Gasteiger partial charge in [-0.15, -0.1) is 0 Å². The maximum absolute atomic E-state index is 12.3. The van der Waals surface area contributed by atoms with Crippen LogP contribution >= 0.6 is 15.6 Å². The number of aliphatic hydroxyl groups excluding tert-OH is 2. The number of phosphoric acid groups is 2. The molecule has 0 radical (unpaired) electrons. The lowest BCUT2D eigenvalue weighted by Crippen LogP contribution is -2.29. The molecule has 0 aromatic heterocycles. The Bertz CT molecular complexity index is 933. The largest absolute Gasteiger partial charge is 0.472 e. The highest BCUT2D eigenvalue weighted by molar-refractivity contribution is 7.47. The van der Waals surface area contributed by atoms with Crippen LogP contribution in [0.2, 0.25) is 0 Å². The van der Waals surface area contributed by atoms with Gasteiger partial charge in [-0.25, -0.2) is 9.13 Å². The summed E-state index contributed by atoms with van der Waals surface area (Å²) in [6.07, 6.45) is 5.50. The van der Waals surface area contributed by atoms with Crippen LogP contribution in [0.25, 0.3) is 0 Å².